The maximum atomic E-state index is 13.2. The zero-order valence-electron chi connectivity index (χ0n) is 9.02. The van der Waals surface area contributed by atoms with Crippen molar-refractivity contribution >= 4 is 33.4 Å². The number of hydrogen-bond donors (Lipinski definition) is 1. The quantitative estimate of drug-likeness (QED) is 0.512. The zero-order chi connectivity index (χ0) is 13.0. The Bertz CT molecular complexity index is 430. The number of nitrogens with zero attached hydrogens (tertiary/aromatic N) is 1. The molecule has 0 bridgehead atoms. The Kier molecular flexibility index (Phi) is 5.35. The monoisotopic (exact) mass is 323 g/mol. The van der Waals surface area contributed by atoms with Gasteiger partial charge >= 0.3 is 0 Å². The Morgan fingerprint density at radius 2 is 2.29 bits per heavy atom. The molecule has 1 rings (SSSR count). The lowest BCUT2D eigenvalue weighted by Crippen LogP contribution is -2.01. The molecule has 17 heavy (non-hydrogen) atoms. The number of aliphatic hydroxyl groups is 1. The second-order valence-corrected chi connectivity index (χ2v) is 5.77. The largest absolute Gasteiger partial charge is 0.396 e. The van der Waals surface area contributed by atoms with Gasteiger partial charge in [-0.15, -0.1) is 11.8 Å². The van der Waals surface area contributed by atoms with E-state index in [4.69, 9.17) is 5.11 Å². The predicted octanol–water partition coefficient (Wildman–Crippen LogP) is 3.36. The molecule has 7 heteroatoms. The molecular weight excluding hydrogens is 313 g/mol. The van der Waals surface area contributed by atoms with Gasteiger partial charge in [0, 0.05) is 11.9 Å². The highest BCUT2D eigenvalue weighted by molar-refractivity contribution is 9.10. The van der Waals surface area contributed by atoms with Gasteiger partial charge in [0.05, 0.1) is 20.4 Å². The van der Waals surface area contributed by atoms with Crippen LogP contribution in [0.5, 0.6) is 0 Å². The first kappa shape index (κ1) is 14.4. The summed E-state index contributed by atoms with van der Waals surface area (Å²) >= 11 is 4.25. The number of thioether (sulfide) groups is 1. The van der Waals surface area contributed by atoms with Crippen LogP contribution in [0.25, 0.3) is 0 Å². The summed E-state index contributed by atoms with van der Waals surface area (Å²) in [5.74, 6) is -0.657. The van der Waals surface area contributed by atoms with Crippen molar-refractivity contribution < 1.29 is 14.4 Å². The van der Waals surface area contributed by atoms with Crippen molar-refractivity contribution in [2.24, 2.45) is 0 Å². The van der Waals surface area contributed by atoms with E-state index in [1.54, 1.807) is 0 Å². The second-order valence-electron chi connectivity index (χ2n) is 3.43. The van der Waals surface area contributed by atoms with Crippen LogP contribution in [0.1, 0.15) is 13.3 Å². The fourth-order valence-corrected chi connectivity index (χ4v) is 2.80. The van der Waals surface area contributed by atoms with Crippen molar-refractivity contribution in [3.63, 3.8) is 0 Å². The molecule has 4 nitrogen and oxygen atoms in total. The number of nitro groups is 1. The number of halogens is 2. The van der Waals surface area contributed by atoms with Crippen LogP contribution in [0.4, 0.5) is 10.1 Å². The first-order valence-corrected chi connectivity index (χ1v) is 6.54. The van der Waals surface area contributed by atoms with Crippen molar-refractivity contribution in [3.8, 4) is 0 Å². The first-order chi connectivity index (χ1) is 7.95. The molecule has 0 fully saturated rings. The summed E-state index contributed by atoms with van der Waals surface area (Å²) in [7, 11) is 0. The molecule has 0 spiro atoms. The number of hydrogen-bond acceptors (Lipinski definition) is 4. The van der Waals surface area contributed by atoms with E-state index >= 15 is 0 Å². The number of benzene rings is 1. The molecule has 1 N–H and O–H groups in total. The fourth-order valence-electron chi connectivity index (χ4n) is 1.21. The van der Waals surface area contributed by atoms with E-state index in [2.05, 4.69) is 15.9 Å². The van der Waals surface area contributed by atoms with Gasteiger partial charge in [0.1, 0.15) is 5.82 Å². The van der Waals surface area contributed by atoms with E-state index in [0.29, 0.717) is 11.3 Å². The first-order valence-electron chi connectivity index (χ1n) is 4.86. The smallest absolute Gasteiger partial charge is 0.285 e. The zero-order valence-corrected chi connectivity index (χ0v) is 11.4. The minimum absolute atomic E-state index is 0.0182. The van der Waals surface area contributed by atoms with Gasteiger partial charge in [-0.3, -0.25) is 10.1 Å². The van der Waals surface area contributed by atoms with Crippen molar-refractivity contribution in [1.82, 2.24) is 0 Å². The van der Waals surface area contributed by atoms with Crippen LogP contribution in [-0.4, -0.2) is 21.9 Å². The van der Waals surface area contributed by atoms with Crippen LogP contribution < -0.4 is 0 Å². The highest BCUT2D eigenvalue weighted by atomic mass is 79.9. The summed E-state index contributed by atoms with van der Waals surface area (Å²) in [4.78, 5) is 10.6. The molecule has 0 radical (unpaired) electrons. The lowest BCUT2D eigenvalue weighted by Gasteiger charge is -2.10. The van der Waals surface area contributed by atoms with E-state index in [-0.39, 0.29) is 22.0 Å². The molecule has 1 aromatic rings. The Hall–Kier alpha value is -0.660. The Morgan fingerprint density at radius 3 is 2.82 bits per heavy atom. The van der Waals surface area contributed by atoms with Gasteiger partial charge in [-0.05, 0) is 28.4 Å². The summed E-state index contributed by atoms with van der Waals surface area (Å²) in [5.41, 5.74) is -0.250. The average molecular weight is 324 g/mol. The molecule has 1 atom stereocenters. The molecule has 0 aromatic heterocycles. The third kappa shape index (κ3) is 3.93. The van der Waals surface area contributed by atoms with Crippen molar-refractivity contribution in [2.75, 3.05) is 6.61 Å². The third-order valence-corrected chi connectivity index (χ3v) is 3.89. The molecule has 0 amide bonds. The minimum atomic E-state index is -0.657. The van der Waals surface area contributed by atoms with E-state index < -0.39 is 10.7 Å². The van der Waals surface area contributed by atoms with Gasteiger partial charge in [0.15, 0.2) is 0 Å². The maximum Gasteiger partial charge on any atom is 0.285 e. The van der Waals surface area contributed by atoms with Gasteiger partial charge in [0.25, 0.3) is 5.69 Å². The van der Waals surface area contributed by atoms with Crippen LogP contribution >= 0.6 is 27.7 Å². The highest BCUT2D eigenvalue weighted by Crippen LogP contribution is 2.36. The number of aliphatic hydroxyl groups excluding tert-OH is 1. The molecule has 94 valence electrons. The molecule has 0 heterocycles. The fraction of sp³-hybridized carbons (Fsp3) is 0.400. The third-order valence-electron chi connectivity index (χ3n) is 2.06. The molecule has 1 unspecified atom stereocenters. The van der Waals surface area contributed by atoms with Gasteiger partial charge < -0.3 is 5.11 Å². The van der Waals surface area contributed by atoms with E-state index in [1.807, 2.05) is 6.92 Å². The molecule has 0 saturated carbocycles. The maximum absolute atomic E-state index is 13.2. The van der Waals surface area contributed by atoms with Crippen molar-refractivity contribution in [3.05, 3.63) is 32.5 Å². The topological polar surface area (TPSA) is 63.4 Å². The lowest BCUT2D eigenvalue weighted by molar-refractivity contribution is -0.387. The van der Waals surface area contributed by atoms with Crippen LogP contribution in [0.3, 0.4) is 0 Å². The van der Waals surface area contributed by atoms with E-state index in [0.717, 1.165) is 6.07 Å². The van der Waals surface area contributed by atoms with Gasteiger partial charge in [0.2, 0.25) is 0 Å². The van der Waals surface area contributed by atoms with Crippen molar-refractivity contribution in [2.45, 2.75) is 23.5 Å². The molecular formula is C10H11BrFNO3S. The molecule has 0 aliphatic rings. The Balaban J connectivity index is 3.04. The van der Waals surface area contributed by atoms with E-state index in [9.17, 15) is 14.5 Å². The summed E-state index contributed by atoms with van der Waals surface area (Å²) in [6.07, 6.45) is 0.525. The van der Waals surface area contributed by atoms with Gasteiger partial charge in [-0.1, -0.05) is 6.92 Å². The molecule has 0 aliphatic carbocycles. The molecule has 0 saturated heterocycles. The predicted molar refractivity (Wildman–Crippen MR) is 67.8 cm³/mol. The summed E-state index contributed by atoms with van der Waals surface area (Å²) in [6, 6.07) is 2.30. The lowest BCUT2D eigenvalue weighted by atomic mass is 10.3. The van der Waals surface area contributed by atoms with Crippen LogP contribution in [0.2, 0.25) is 0 Å². The van der Waals surface area contributed by atoms with Gasteiger partial charge in [-0.25, -0.2) is 4.39 Å². The molecule has 1 aromatic carbocycles. The standard InChI is InChI=1S/C10H11BrFNO3S/c1-6(2-3-14)17-10-4-7(11)8(12)5-9(10)13(15)16/h4-6,14H,2-3H2,1H3. The minimum Gasteiger partial charge on any atom is -0.396 e. The van der Waals surface area contributed by atoms with Gasteiger partial charge in [-0.2, -0.15) is 0 Å². The van der Waals surface area contributed by atoms with Crippen LogP contribution in [0, 0.1) is 15.9 Å². The SMILES string of the molecule is CC(CCO)Sc1cc(Br)c(F)cc1[N+](=O)[O-]. The van der Waals surface area contributed by atoms with Crippen LogP contribution in [0.15, 0.2) is 21.5 Å². The normalized spacial score (nSPS) is 12.5. The highest BCUT2D eigenvalue weighted by Gasteiger charge is 2.19. The van der Waals surface area contributed by atoms with Crippen LogP contribution in [-0.2, 0) is 0 Å². The summed E-state index contributed by atoms with van der Waals surface area (Å²) in [5, 5.41) is 19.6. The summed E-state index contributed by atoms with van der Waals surface area (Å²) in [6.45, 7) is 1.87. The number of nitro benzene ring substituents is 1. The molecule has 0 aliphatic heterocycles. The van der Waals surface area contributed by atoms with Crippen molar-refractivity contribution in [1.29, 1.82) is 0 Å². The number of rotatable bonds is 5. The second kappa shape index (κ2) is 6.32. The summed E-state index contributed by atoms with van der Waals surface area (Å²) < 4.78 is 13.4. The average Bonchev–Trinajstić information content (AvgIpc) is 2.23. The van der Waals surface area contributed by atoms with E-state index in [1.165, 1.54) is 17.8 Å². The Labute approximate surface area is 110 Å². The Morgan fingerprint density at radius 1 is 1.65 bits per heavy atom.